The number of rotatable bonds is 10. The molecule has 0 saturated carbocycles. The van der Waals surface area contributed by atoms with Crippen LogP contribution in [0.2, 0.25) is 0 Å². The third-order valence-electron chi connectivity index (χ3n) is 6.54. The summed E-state index contributed by atoms with van der Waals surface area (Å²) in [7, 11) is -13.2. The van der Waals surface area contributed by atoms with E-state index in [2.05, 4.69) is 19.7 Å². The van der Waals surface area contributed by atoms with Crippen LogP contribution in [0.1, 0.15) is 13.8 Å². The van der Waals surface area contributed by atoms with Gasteiger partial charge in [0.2, 0.25) is 21.7 Å². The molecule has 48 heavy (non-hydrogen) atoms. The van der Waals surface area contributed by atoms with E-state index in [9.17, 15) is 38.4 Å². The van der Waals surface area contributed by atoms with Crippen LogP contribution in [0.25, 0.3) is 44.9 Å². The SMILES string of the molecule is CC(C)S(=O)(=O)n1c(N)nc2c(OS(C)(=O)=O)c(OS(C)(=O)=O)c(-c3[nH]c(-c4ccc(OC(F)(F)F)cc4)nc3-c3ccccc3)cc21. The molecule has 0 aliphatic carbocycles. The average Bonchev–Trinajstić information content (AvgIpc) is 3.54. The Kier molecular flexibility index (Phi) is 8.63. The second-order valence-electron chi connectivity index (χ2n) is 10.6. The normalized spacial score (nSPS) is 12.8. The van der Waals surface area contributed by atoms with Crippen molar-refractivity contribution in [2.45, 2.75) is 25.5 Å². The zero-order valence-corrected chi connectivity index (χ0v) is 27.8. The zero-order chi connectivity index (χ0) is 35.4. The molecule has 0 saturated heterocycles. The predicted molar refractivity (Wildman–Crippen MR) is 170 cm³/mol. The van der Waals surface area contributed by atoms with Gasteiger partial charge in [0.1, 0.15) is 17.1 Å². The van der Waals surface area contributed by atoms with Gasteiger partial charge in [0.25, 0.3) is 0 Å². The number of hydrogen-bond acceptors (Lipinski definition) is 12. The first-order chi connectivity index (χ1) is 22.1. The number of nitrogens with one attached hydrogen (secondary N) is 1. The van der Waals surface area contributed by atoms with Crippen LogP contribution in [0.4, 0.5) is 19.1 Å². The van der Waals surface area contributed by atoms with Crippen LogP contribution < -0.4 is 18.8 Å². The summed E-state index contributed by atoms with van der Waals surface area (Å²) >= 11 is 0. The highest BCUT2D eigenvalue weighted by atomic mass is 32.2. The molecule has 0 amide bonds. The molecule has 0 radical (unpaired) electrons. The number of aromatic nitrogens is 4. The Labute approximate surface area is 272 Å². The minimum Gasteiger partial charge on any atom is -0.406 e. The van der Waals surface area contributed by atoms with Crippen molar-refractivity contribution in [1.82, 2.24) is 18.9 Å². The number of hydrogen-bond donors (Lipinski definition) is 2. The van der Waals surface area contributed by atoms with Gasteiger partial charge >= 0.3 is 26.6 Å². The number of aromatic amines is 1. The molecule has 14 nitrogen and oxygen atoms in total. The molecule has 2 aromatic heterocycles. The Balaban J connectivity index is 1.90. The van der Waals surface area contributed by atoms with E-state index in [1.165, 1.54) is 26.0 Å². The fraction of sp³-hybridized carbons (Fsp3) is 0.214. The van der Waals surface area contributed by atoms with Gasteiger partial charge in [0.15, 0.2) is 5.75 Å². The van der Waals surface area contributed by atoms with Crippen LogP contribution in [-0.2, 0) is 30.3 Å². The van der Waals surface area contributed by atoms with Crippen molar-refractivity contribution in [3.63, 3.8) is 0 Å². The number of H-pyrrole nitrogens is 1. The van der Waals surface area contributed by atoms with Crippen molar-refractivity contribution in [3.05, 3.63) is 60.7 Å². The number of nitrogens with zero attached hydrogens (tertiary/aromatic N) is 3. The third-order valence-corrected chi connectivity index (χ3v) is 9.57. The monoisotopic (exact) mass is 729 g/mol. The molecule has 3 aromatic carbocycles. The van der Waals surface area contributed by atoms with E-state index in [0.717, 1.165) is 18.2 Å². The topological polar surface area (TPSA) is 203 Å². The summed E-state index contributed by atoms with van der Waals surface area (Å²) in [6.07, 6.45) is -3.58. The lowest BCUT2D eigenvalue weighted by Gasteiger charge is -2.16. The molecule has 2 heterocycles. The van der Waals surface area contributed by atoms with Crippen molar-refractivity contribution < 1.29 is 51.5 Å². The number of fused-ring (bicyclic) bond motifs is 1. The predicted octanol–water partition coefficient (Wildman–Crippen LogP) is 4.50. The van der Waals surface area contributed by atoms with Gasteiger partial charge in [0.05, 0.1) is 40.2 Å². The molecule has 5 aromatic rings. The smallest absolute Gasteiger partial charge is 0.406 e. The van der Waals surface area contributed by atoms with Crippen LogP contribution in [-0.4, -0.2) is 68.3 Å². The first kappa shape index (κ1) is 34.5. The molecule has 5 rings (SSSR count). The molecule has 20 heteroatoms. The van der Waals surface area contributed by atoms with Crippen molar-refractivity contribution in [2.24, 2.45) is 0 Å². The van der Waals surface area contributed by atoms with E-state index in [1.807, 2.05) is 0 Å². The average molecular weight is 730 g/mol. The van der Waals surface area contributed by atoms with Crippen LogP contribution in [0.3, 0.4) is 0 Å². The molecule has 0 bridgehead atoms. The van der Waals surface area contributed by atoms with Gasteiger partial charge in [-0.3, -0.25) is 0 Å². The molecular formula is C28H26F3N5O9S3. The van der Waals surface area contributed by atoms with E-state index < -0.39 is 70.6 Å². The Bertz CT molecular complexity index is 2360. The van der Waals surface area contributed by atoms with Crippen LogP contribution in [0.5, 0.6) is 17.2 Å². The maximum Gasteiger partial charge on any atom is 0.573 e. The van der Waals surface area contributed by atoms with Gasteiger partial charge < -0.3 is 23.8 Å². The summed E-state index contributed by atoms with van der Waals surface area (Å²) < 4.78 is 130. The van der Waals surface area contributed by atoms with Crippen LogP contribution in [0, 0.1) is 0 Å². The van der Waals surface area contributed by atoms with E-state index in [0.29, 0.717) is 22.0 Å². The van der Waals surface area contributed by atoms with Crippen LogP contribution >= 0.6 is 0 Å². The lowest BCUT2D eigenvalue weighted by Crippen LogP contribution is -2.23. The van der Waals surface area contributed by atoms with Crippen molar-refractivity contribution in [2.75, 3.05) is 18.2 Å². The number of alkyl halides is 3. The van der Waals surface area contributed by atoms with Crippen molar-refractivity contribution in [1.29, 1.82) is 0 Å². The lowest BCUT2D eigenvalue weighted by atomic mass is 10.0. The standard InChI is InChI=1S/C28H26F3N5O9S3/c1-15(2)48(41,42)36-20-14-19(24(44-46(3,37)38)25(45-47(4,39)40)23(20)35-27(36)32)22-21(16-8-6-5-7-9-16)33-26(34-22)17-10-12-18(13-11-17)43-28(29,30)31/h5-15H,1-4H3,(H2,32,35)(H,33,34). The third kappa shape index (κ3) is 7.19. The van der Waals surface area contributed by atoms with Gasteiger partial charge in [-0.05, 0) is 44.2 Å². The Morgan fingerprint density at radius 2 is 1.42 bits per heavy atom. The highest BCUT2D eigenvalue weighted by Crippen LogP contribution is 2.48. The number of benzene rings is 3. The Hall–Kier alpha value is -4.82. The summed E-state index contributed by atoms with van der Waals surface area (Å²) in [5.74, 6) is -2.53. The van der Waals surface area contributed by atoms with Gasteiger partial charge in [-0.1, -0.05) is 30.3 Å². The number of ether oxygens (including phenoxy) is 1. The lowest BCUT2D eigenvalue weighted by molar-refractivity contribution is -0.274. The molecule has 3 N–H and O–H groups in total. The number of anilines is 1. The van der Waals surface area contributed by atoms with Gasteiger partial charge in [-0.25, -0.2) is 22.4 Å². The van der Waals surface area contributed by atoms with Crippen molar-refractivity contribution in [3.8, 4) is 51.2 Å². The van der Waals surface area contributed by atoms with Gasteiger partial charge in [-0.15, -0.1) is 13.2 Å². The molecule has 256 valence electrons. The number of halogens is 3. The molecular weight excluding hydrogens is 704 g/mol. The van der Waals surface area contributed by atoms with E-state index in [-0.39, 0.29) is 33.9 Å². The largest absolute Gasteiger partial charge is 0.573 e. The maximum atomic E-state index is 13.4. The Morgan fingerprint density at radius 3 is 1.96 bits per heavy atom. The number of nitrogen functional groups attached to an aromatic ring is 1. The molecule has 0 spiro atoms. The second kappa shape index (κ2) is 12.0. The fourth-order valence-corrected chi connectivity index (χ4v) is 6.68. The Morgan fingerprint density at radius 1 is 0.833 bits per heavy atom. The number of nitrogens with two attached hydrogens (primary N) is 1. The van der Waals surface area contributed by atoms with E-state index in [4.69, 9.17) is 14.1 Å². The first-order valence-electron chi connectivity index (χ1n) is 13.5. The first-order valence-corrected chi connectivity index (χ1v) is 18.7. The molecule has 0 aliphatic heterocycles. The van der Waals surface area contributed by atoms with Gasteiger partial charge in [0, 0.05) is 11.1 Å². The van der Waals surface area contributed by atoms with E-state index >= 15 is 0 Å². The molecule has 0 unspecified atom stereocenters. The minimum atomic E-state index is -4.93. The fourth-order valence-electron chi connectivity index (χ4n) is 4.61. The highest BCUT2D eigenvalue weighted by molar-refractivity contribution is 7.90. The molecule has 0 fully saturated rings. The second-order valence-corrected chi connectivity index (χ2v) is 16.1. The highest BCUT2D eigenvalue weighted by Gasteiger charge is 2.34. The summed E-state index contributed by atoms with van der Waals surface area (Å²) in [5.41, 5.74) is 5.82. The summed E-state index contributed by atoms with van der Waals surface area (Å²) in [4.78, 5) is 11.6. The summed E-state index contributed by atoms with van der Waals surface area (Å²) in [5, 5.41) is -1.05. The van der Waals surface area contributed by atoms with Crippen molar-refractivity contribution >= 4 is 47.2 Å². The van der Waals surface area contributed by atoms with Gasteiger partial charge in [-0.2, -0.15) is 16.8 Å². The van der Waals surface area contributed by atoms with E-state index in [1.54, 1.807) is 30.3 Å². The number of imidazole rings is 2. The van der Waals surface area contributed by atoms with Crippen LogP contribution in [0.15, 0.2) is 60.7 Å². The molecule has 0 atom stereocenters. The maximum absolute atomic E-state index is 13.4. The summed E-state index contributed by atoms with van der Waals surface area (Å²) in [6.45, 7) is 2.74. The summed E-state index contributed by atoms with van der Waals surface area (Å²) in [6, 6.07) is 14.1. The zero-order valence-electron chi connectivity index (χ0n) is 25.3. The minimum absolute atomic E-state index is 0.0287. The molecule has 0 aliphatic rings. The quantitative estimate of drug-likeness (QED) is 0.191.